The molecular formula is C28H28N2O2. The topological polar surface area (TPSA) is 49.4 Å². The lowest BCUT2D eigenvalue weighted by molar-refractivity contribution is -0.112. The van der Waals surface area contributed by atoms with Gasteiger partial charge < -0.3 is 5.32 Å². The minimum absolute atomic E-state index is 0.159. The van der Waals surface area contributed by atoms with Crippen LogP contribution in [-0.2, 0) is 4.79 Å². The van der Waals surface area contributed by atoms with Crippen molar-refractivity contribution in [3.63, 3.8) is 0 Å². The Kier molecular flexibility index (Phi) is 6.62. The number of benzene rings is 3. The molecule has 0 saturated carbocycles. The summed E-state index contributed by atoms with van der Waals surface area (Å²) < 4.78 is 0. The molecule has 1 N–H and O–H groups in total. The first kappa shape index (κ1) is 21.7. The highest BCUT2D eigenvalue weighted by molar-refractivity contribution is 6.52. The summed E-state index contributed by atoms with van der Waals surface area (Å²) in [5, 5.41) is 3.68. The molecule has 0 heterocycles. The lowest BCUT2D eigenvalue weighted by Crippen LogP contribution is -2.36. The summed E-state index contributed by atoms with van der Waals surface area (Å²) in [6.07, 6.45) is 0. The number of nitrogens with one attached hydrogen (secondary N) is 1. The molecule has 32 heavy (non-hydrogen) atoms. The van der Waals surface area contributed by atoms with Gasteiger partial charge in [-0.1, -0.05) is 98.8 Å². The second kappa shape index (κ2) is 9.75. The smallest absolute Gasteiger partial charge is 0.233 e. The van der Waals surface area contributed by atoms with Crippen molar-refractivity contribution in [2.24, 2.45) is 0 Å². The highest BCUT2D eigenvalue weighted by atomic mass is 16.2. The molecule has 0 saturated heterocycles. The molecule has 4 rings (SSSR count). The second-order valence-corrected chi connectivity index (χ2v) is 7.92. The van der Waals surface area contributed by atoms with Crippen molar-refractivity contribution < 1.29 is 9.59 Å². The zero-order chi connectivity index (χ0) is 22.5. The van der Waals surface area contributed by atoms with Crippen molar-refractivity contribution in [1.29, 1.82) is 0 Å². The first-order chi connectivity index (χ1) is 15.6. The summed E-state index contributed by atoms with van der Waals surface area (Å²) >= 11 is 0. The number of hydrogen-bond acceptors (Lipinski definition) is 4. The van der Waals surface area contributed by atoms with E-state index in [9.17, 15) is 9.59 Å². The summed E-state index contributed by atoms with van der Waals surface area (Å²) in [5.74, 6) is -0.845. The summed E-state index contributed by atoms with van der Waals surface area (Å²) in [6.45, 7) is 6.17. The average molecular weight is 425 g/mol. The van der Waals surface area contributed by atoms with E-state index in [0.717, 1.165) is 35.5 Å². The van der Waals surface area contributed by atoms with E-state index in [1.165, 1.54) is 0 Å². The highest BCUT2D eigenvalue weighted by Crippen LogP contribution is 2.32. The minimum atomic E-state index is -0.427. The SMILES string of the molecule is CCN(CC)CC1=C(NC(c2ccccc2)c2ccccc2)c2ccccc2C(=O)C1=O. The van der Waals surface area contributed by atoms with Crippen molar-refractivity contribution in [3.8, 4) is 0 Å². The van der Waals surface area contributed by atoms with Crippen LogP contribution in [-0.4, -0.2) is 36.1 Å². The molecule has 0 bridgehead atoms. The fourth-order valence-electron chi connectivity index (χ4n) is 4.22. The largest absolute Gasteiger partial charge is 0.373 e. The van der Waals surface area contributed by atoms with Crippen molar-refractivity contribution >= 4 is 17.3 Å². The maximum absolute atomic E-state index is 13.2. The predicted molar refractivity (Wildman–Crippen MR) is 128 cm³/mol. The second-order valence-electron chi connectivity index (χ2n) is 7.92. The van der Waals surface area contributed by atoms with Crippen LogP contribution in [0.4, 0.5) is 0 Å². The third kappa shape index (κ3) is 4.27. The molecule has 3 aromatic carbocycles. The molecule has 0 radical (unpaired) electrons. The standard InChI is InChI=1S/C28H28N2O2/c1-3-30(4-2)19-24-26(22-17-11-12-18-23(22)27(31)28(24)32)29-25(20-13-7-5-8-14-20)21-15-9-6-10-16-21/h5-18,25,29H,3-4,19H2,1-2H3. The maximum Gasteiger partial charge on any atom is 0.233 e. The van der Waals surface area contributed by atoms with Crippen LogP contribution in [0.5, 0.6) is 0 Å². The van der Waals surface area contributed by atoms with Gasteiger partial charge in [0, 0.05) is 23.2 Å². The van der Waals surface area contributed by atoms with Gasteiger partial charge in [0.1, 0.15) is 0 Å². The summed E-state index contributed by atoms with van der Waals surface area (Å²) in [7, 11) is 0. The minimum Gasteiger partial charge on any atom is -0.373 e. The molecule has 1 aliphatic carbocycles. The number of fused-ring (bicyclic) bond motifs is 1. The van der Waals surface area contributed by atoms with Crippen molar-refractivity contribution in [3.05, 3.63) is 113 Å². The third-order valence-corrected chi connectivity index (χ3v) is 6.05. The van der Waals surface area contributed by atoms with E-state index in [4.69, 9.17) is 0 Å². The summed E-state index contributed by atoms with van der Waals surface area (Å²) in [6, 6.07) is 27.6. The summed E-state index contributed by atoms with van der Waals surface area (Å²) in [5.41, 5.74) is 4.72. The molecule has 1 aliphatic rings. The van der Waals surface area contributed by atoms with Gasteiger partial charge >= 0.3 is 0 Å². The van der Waals surface area contributed by atoms with Gasteiger partial charge in [0.05, 0.1) is 11.7 Å². The molecule has 4 nitrogen and oxygen atoms in total. The number of nitrogens with zero attached hydrogens (tertiary/aromatic N) is 1. The van der Waals surface area contributed by atoms with Crippen LogP contribution in [0.15, 0.2) is 90.5 Å². The van der Waals surface area contributed by atoms with E-state index >= 15 is 0 Å². The van der Waals surface area contributed by atoms with Crippen molar-refractivity contribution in [2.45, 2.75) is 19.9 Å². The van der Waals surface area contributed by atoms with Crippen LogP contribution >= 0.6 is 0 Å². The molecule has 0 aromatic heterocycles. The third-order valence-electron chi connectivity index (χ3n) is 6.05. The Labute approximate surface area is 189 Å². The Morgan fingerprint density at radius 2 is 1.19 bits per heavy atom. The van der Waals surface area contributed by atoms with E-state index in [1.807, 2.05) is 54.6 Å². The van der Waals surface area contributed by atoms with Crippen LogP contribution in [0.1, 0.15) is 46.9 Å². The van der Waals surface area contributed by atoms with E-state index in [2.05, 4.69) is 48.3 Å². The molecule has 0 unspecified atom stereocenters. The normalized spacial score (nSPS) is 13.6. The zero-order valence-electron chi connectivity index (χ0n) is 18.5. The Hall–Kier alpha value is -3.50. The van der Waals surface area contributed by atoms with E-state index < -0.39 is 11.6 Å². The first-order valence-corrected chi connectivity index (χ1v) is 11.1. The molecule has 0 atom stereocenters. The van der Waals surface area contributed by atoms with E-state index in [-0.39, 0.29) is 6.04 Å². The van der Waals surface area contributed by atoms with Crippen molar-refractivity contribution in [1.82, 2.24) is 10.2 Å². The van der Waals surface area contributed by atoms with Gasteiger partial charge in [-0.3, -0.25) is 14.5 Å². The monoisotopic (exact) mass is 424 g/mol. The number of ketones is 2. The Balaban J connectivity index is 1.88. The fraction of sp³-hybridized carbons (Fsp3) is 0.214. The summed E-state index contributed by atoms with van der Waals surface area (Å²) in [4.78, 5) is 28.3. The maximum atomic E-state index is 13.2. The Morgan fingerprint density at radius 1 is 0.688 bits per heavy atom. The molecule has 0 spiro atoms. The number of hydrogen-bond donors (Lipinski definition) is 1. The first-order valence-electron chi connectivity index (χ1n) is 11.1. The Morgan fingerprint density at radius 3 is 1.72 bits per heavy atom. The fourth-order valence-corrected chi connectivity index (χ4v) is 4.22. The van der Waals surface area contributed by atoms with Crippen molar-refractivity contribution in [2.75, 3.05) is 19.6 Å². The number of rotatable bonds is 8. The van der Waals surface area contributed by atoms with Gasteiger partial charge in [0.15, 0.2) is 0 Å². The van der Waals surface area contributed by atoms with E-state index in [0.29, 0.717) is 17.7 Å². The zero-order valence-corrected chi connectivity index (χ0v) is 18.5. The van der Waals surface area contributed by atoms with Gasteiger partial charge in [-0.05, 0) is 24.2 Å². The molecular weight excluding hydrogens is 396 g/mol. The average Bonchev–Trinajstić information content (AvgIpc) is 2.86. The molecule has 162 valence electrons. The lowest BCUT2D eigenvalue weighted by atomic mass is 9.86. The van der Waals surface area contributed by atoms with Gasteiger partial charge in [0.25, 0.3) is 0 Å². The Bertz CT molecular complexity index is 1090. The van der Waals surface area contributed by atoms with Gasteiger partial charge in [0.2, 0.25) is 11.6 Å². The number of carbonyl (C=O) groups is 2. The van der Waals surface area contributed by atoms with Crippen LogP contribution in [0.25, 0.3) is 5.70 Å². The van der Waals surface area contributed by atoms with Crippen LogP contribution in [0, 0.1) is 0 Å². The van der Waals surface area contributed by atoms with Gasteiger partial charge in [-0.25, -0.2) is 0 Å². The van der Waals surface area contributed by atoms with Gasteiger partial charge in [-0.2, -0.15) is 0 Å². The number of Topliss-reactive ketones (excluding diaryl/α,β-unsaturated/α-hetero) is 2. The molecule has 0 amide bonds. The number of carbonyl (C=O) groups excluding carboxylic acids is 2. The number of likely N-dealkylation sites (N-methyl/N-ethyl adjacent to an activating group) is 1. The molecule has 3 aromatic rings. The quantitative estimate of drug-likeness (QED) is 0.524. The highest BCUT2D eigenvalue weighted by Gasteiger charge is 2.34. The van der Waals surface area contributed by atoms with E-state index in [1.54, 1.807) is 6.07 Å². The lowest BCUT2D eigenvalue weighted by Gasteiger charge is -2.30. The predicted octanol–water partition coefficient (Wildman–Crippen LogP) is 4.88. The van der Waals surface area contributed by atoms with Crippen LogP contribution in [0.2, 0.25) is 0 Å². The van der Waals surface area contributed by atoms with Crippen LogP contribution in [0.3, 0.4) is 0 Å². The molecule has 0 aliphatic heterocycles. The molecule has 0 fully saturated rings. The van der Waals surface area contributed by atoms with Crippen LogP contribution < -0.4 is 5.32 Å². The van der Waals surface area contributed by atoms with Gasteiger partial charge in [-0.15, -0.1) is 0 Å². The molecule has 4 heteroatoms.